The van der Waals surface area contributed by atoms with Crippen molar-refractivity contribution < 1.29 is 0 Å². The zero-order valence-corrected chi connectivity index (χ0v) is 7.20. The van der Waals surface area contributed by atoms with Crippen molar-refractivity contribution in [2.45, 2.75) is 38.5 Å². The van der Waals surface area contributed by atoms with E-state index in [9.17, 15) is 0 Å². The first-order valence-corrected chi connectivity index (χ1v) is 4.09. The van der Waals surface area contributed by atoms with Crippen LogP contribution >= 0.6 is 11.6 Å². The maximum Gasteiger partial charge on any atom is 0.0450 e. The fourth-order valence-corrected chi connectivity index (χ4v) is 1.60. The monoisotopic (exact) mass is 146 g/mol. The van der Waals surface area contributed by atoms with Crippen LogP contribution in [0.1, 0.15) is 33.6 Å². The third kappa shape index (κ3) is 1.86. The summed E-state index contributed by atoms with van der Waals surface area (Å²) in [5.41, 5.74) is 0. The Labute approximate surface area is 62.6 Å². The van der Waals surface area contributed by atoms with Gasteiger partial charge in [0.1, 0.15) is 0 Å². The highest BCUT2D eigenvalue weighted by molar-refractivity contribution is 6.25. The van der Waals surface area contributed by atoms with E-state index in [2.05, 4.69) is 20.8 Å². The topological polar surface area (TPSA) is 0 Å². The standard InChI is InChI=1S/C8H15Cl/c1-6(2)4-7-5-8(7,3)9/h6-7H,4-5H2,1-3H3/t7-,8?/m0/s1. The molecule has 0 heterocycles. The van der Waals surface area contributed by atoms with E-state index in [0.717, 1.165) is 11.8 Å². The minimum Gasteiger partial charge on any atom is -0.119 e. The van der Waals surface area contributed by atoms with Crippen molar-refractivity contribution >= 4 is 11.6 Å². The van der Waals surface area contributed by atoms with Crippen LogP contribution in [-0.4, -0.2) is 4.87 Å². The van der Waals surface area contributed by atoms with E-state index in [-0.39, 0.29) is 4.87 Å². The maximum atomic E-state index is 6.05. The van der Waals surface area contributed by atoms with Crippen molar-refractivity contribution in [3.8, 4) is 0 Å². The van der Waals surface area contributed by atoms with E-state index in [1.165, 1.54) is 12.8 Å². The number of alkyl halides is 1. The molecule has 0 aromatic carbocycles. The number of halogens is 1. The van der Waals surface area contributed by atoms with Gasteiger partial charge in [-0.1, -0.05) is 13.8 Å². The minimum atomic E-state index is 0.171. The van der Waals surface area contributed by atoms with Crippen molar-refractivity contribution in [3.63, 3.8) is 0 Å². The predicted molar refractivity (Wildman–Crippen MR) is 41.8 cm³/mol. The van der Waals surface area contributed by atoms with Gasteiger partial charge in [0.25, 0.3) is 0 Å². The summed E-state index contributed by atoms with van der Waals surface area (Å²) >= 11 is 6.05. The van der Waals surface area contributed by atoms with Gasteiger partial charge in [-0.15, -0.1) is 11.6 Å². The quantitative estimate of drug-likeness (QED) is 0.526. The zero-order valence-electron chi connectivity index (χ0n) is 6.45. The Kier molecular flexibility index (Phi) is 1.77. The SMILES string of the molecule is CC(C)C[C@H]1CC1(C)Cl. The average molecular weight is 147 g/mol. The van der Waals surface area contributed by atoms with Crippen LogP contribution < -0.4 is 0 Å². The molecule has 0 bridgehead atoms. The summed E-state index contributed by atoms with van der Waals surface area (Å²) in [6, 6.07) is 0. The minimum absolute atomic E-state index is 0.171. The number of rotatable bonds is 2. The molecule has 0 aromatic heterocycles. The summed E-state index contributed by atoms with van der Waals surface area (Å²) in [5, 5.41) is 0. The Morgan fingerprint density at radius 3 is 2.22 bits per heavy atom. The summed E-state index contributed by atoms with van der Waals surface area (Å²) < 4.78 is 0. The lowest BCUT2D eigenvalue weighted by molar-refractivity contribution is 0.526. The molecule has 1 heteroatoms. The molecule has 1 unspecified atom stereocenters. The van der Waals surface area contributed by atoms with Crippen molar-refractivity contribution in [1.82, 2.24) is 0 Å². The Balaban J connectivity index is 2.20. The second-order valence-corrected chi connectivity index (χ2v) is 4.67. The third-order valence-corrected chi connectivity index (χ3v) is 2.56. The molecule has 1 aliphatic carbocycles. The lowest BCUT2D eigenvalue weighted by Gasteiger charge is -2.03. The first-order valence-electron chi connectivity index (χ1n) is 3.71. The molecule has 0 spiro atoms. The van der Waals surface area contributed by atoms with Gasteiger partial charge in [0.05, 0.1) is 0 Å². The highest BCUT2D eigenvalue weighted by atomic mass is 35.5. The number of hydrogen-bond donors (Lipinski definition) is 0. The lowest BCUT2D eigenvalue weighted by atomic mass is 10.1. The second-order valence-electron chi connectivity index (χ2n) is 3.81. The predicted octanol–water partition coefficient (Wildman–Crippen LogP) is 3.05. The molecule has 0 aromatic rings. The molecule has 0 radical (unpaired) electrons. The molecular formula is C8H15Cl. The van der Waals surface area contributed by atoms with E-state index in [4.69, 9.17) is 11.6 Å². The first kappa shape index (κ1) is 7.40. The highest BCUT2D eigenvalue weighted by Crippen LogP contribution is 2.52. The Bertz CT molecular complexity index is 105. The van der Waals surface area contributed by atoms with Gasteiger partial charge in [0.2, 0.25) is 0 Å². The third-order valence-electron chi connectivity index (χ3n) is 2.09. The van der Waals surface area contributed by atoms with Gasteiger partial charge < -0.3 is 0 Å². The van der Waals surface area contributed by atoms with E-state index in [1.54, 1.807) is 0 Å². The second kappa shape index (κ2) is 2.16. The maximum absolute atomic E-state index is 6.05. The van der Waals surface area contributed by atoms with Crippen LogP contribution in [0.25, 0.3) is 0 Å². The van der Waals surface area contributed by atoms with Crippen LogP contribution in [0.5, 0.6) is 0 Å². The Hall–Kier alpha value is 0.290. The van der Waals surface area contributed by atoms with Crippen LogP contribution in [0.4, 0.5) is 0 Å². The van der Waals surface area contributed by atoms with Gasteiger partial charge in [0.15, 0.2) is 0 Å². The van der Waals surface area contributed by atoms with Gasteiger partial charge in [-0.2, -0.15) is 0 Å². The molecule has 0 N–H and O–H groups in total. The fourth-order valence-electron chi connectivity index (χ4n) is 1.32. The first-order chi connectivity index (χ1) is 4.02. The zero-order chi connectivity index (χ0) is 7.07. The molecule has 2 atom stereocenters. The molecule has 9 heavy (non-hydrogen) atoms. The van der Waals surface area contributed by atoms with Gasteiger partial charge in [-0.05, 0) is 31.6 Å². The largest absolute Gasteiger partial charge is 0.119 e. The van der Waals surface area contributed by atoms with E-state index in [1.807, 2.05) is 0 Å². The van der Waals surface area contributed by atoms with Crippen molar-refractivity contribution in [2.24, 2.45) is 11.8 Å². The normalized spacial score (nSPS) is 41.7. The van der Waals surface area contributed by atoms with E-state index >= 15 is 0 Å². The van der Waals surface area contributed by atoms with Crippen LogP contribution in [0.3, 0.4) is 0 Å². The van der Waals surface area contributed by atoms with Crippen LogP contribution in [0.2, 0.25) is 0 Å². The summed E-state index contributed by atoms with van der Waals surface area (Å²) in [7, 11) is 0. The molecule has 1 fully saturated rings. The fraction of sp³-hybridized carbons (Fsp3) is 1.00. The molecular weight excluding hydrogens is 132 g/mol. The Morgan fingerprint density at radius 1 is 1.67 bits per heavy atom. The van der Waals surface area contributed by atoms with Gasteiger partial charge in [0, 0.05) is 4.87 Å². The van der Waals surface area contributed by atoms with E-state index in [0.29, 0.717) is 0 Å². The summed E-state index contributed by atoms with van der Waals surface area (Å²) in [6.45, 7) is 6.65. The smallest absolute Gasteiger partial charge is 0.0450 e. The van der Waals surface area contributed by atoms with Crippen molar-refractivity contribution in [2.75, 3.05) is 0 Å². The molecule has 1 rings (SSSR count). The van der Waals surface area contributed by atoms with Crippen LogP contribution in [0.15, 0.2) is 0 Å². The van der Waals surface area contributed by atoms with Crippen LogP contribution in [-0.2, 0) is 0 Å². The van der Waals surface area contributed by atoms with Gasteiger partial charge in [-0.25, -0.2) is 0 Å². The van der Waals surface area contributed by atoms with Gasteiger partial charge in [-0.3, -0.25) is 0 Å². The summed E-state index contributed by atoms with van der Waals surface area (Å²) in [5.74, 6) is 1.62. The van der Waals surface area contributed by atoms with Crippen molar-refractivity contribution in [1.29, 1.82) is 0 Å². The highest BCUT2D eigenvalue weighted by Gasteiger charge is 2.47. The van der Waals surface area contributed by atoms with E-state index < -0.39 is 0 Å². The molecule has 54 valence electrons. The Morgan fingerprint density at radius 2 is 2.11 bits per heavy atom. The van der Waals surface area contributed by atoms with Crippen molar-refractivity contribution in [3.05, 3.63) is 0 Å². The number of hydrogen-bond acceptors (Lipinski definition) is 0. The lowest BCUT2D eigenvalue weighted by Crippen LogP contribution is -1.97. The van der Waals surface area contributed by atoms with Gasteiger partial charge >= 0.3 is 0 Å². The molecule has 0 nitrogen and oxygen atoms in total. The average Bonchev–Trinajstić information content (AvgIpc) is 2.10. The molecule has 1 saturated carbocycles. The molecule has 0 saturated heterocycles. The summed E-state index contributed by atoms with van der Waals surface area (Å²) in [6.07, 6.45) is 2.53. The van der Waals surface area contributed by atoms with Crippen LogP contribution in [0, 0.1) is 11.8 Å². The summed E-state index contributed by atoms with van der Waals surface area (Å²) in [4.78, 5) is 0.171. The molecule has 0 amide bonds. The molecule has 0 aliphatic heterocycles. The molecule has 1 aliphatic rings.